The molecule has 0 unspecified atom stereocenters. The standard InChI is InChI=1S/C13H18N6O2/c1-2-3-14-11-8-12(10-13(9-11)19(20)21)15-4-6-18-7-5-16-17-18/h5,7-10,14-15H,2-4,6H2,1H3. The van der Waals surface area contributed by atoms with E-state index >= 15 is 0 Å². The fourth-order valence-electron chi connectivity index (χ4n) is 1.86. The van der Waals surface area contributed by atoms with Crippen LogP contribution in [-0.2, 0) is 6.54 Å². The van der Waals surface area contributed by atoms with E-state index in [1.54, 1.807) is 17.1 Å². The van der Waals surface area contributed by atoms with E-state index in [2.05, 4.69) is 20.9 Å². The molecule has 21 heavy (non-hydrogen) atoms. The van der Waals surface area contributed by atoms with E-state index in [0.29, 0.717) is 18.8 Å². The van der Waals surface area contributed by atoms with Crippen molar-refractivity contribution in [3.05, 3.63) is 40.7 Å². The lowest BCUT2D eigenvalue weighted by Crippen LogP contribution is -2.11. The van der Waals surface area contributed by atoms with Crippen molar-refractivity contribution >= 4 is 17.1 Å². The fourth-order valence-corrected chi connectivity index (χ4v) is 1.86. The van der Waals surface area contributed by atoms with E-state index in [-0.39, 0.29) is 10.6 Å². The minimum Gasteiger partial charge on any atom is -0.385 e. The lowest BCUT2D eigenvalue weighted by atomic mass is 10.2. The van der Waals surface area contributed by atoms with Crippen LogP contribution in [0, 0.1) is 10.1 Å². The first-order valence-corrected chi connectivity index (χ1v) is 6.80. The Balaban J connectivity index is 2.02. The quantitative estimate of drug-likeness (QED) is 0.571. The topological polar surface area (TPSA) is 97.9 Å². The summed E-state index contributed by atoms with van der Waals surface area (Å²) < 4.78 is 1.70. The fraction of sp³-hybridized carbons (Fsp3) is 0.385. The molecule has 0 bridgehead atoms. The minimum atomic E-state index is -0.389. The van der Waals surface area contributed by atoms with Crippen LogP contribution in [-0.4, -0.2) is 33.0 Å². The van der Waals surface area contributed by atoms with Gasteiger partial charge in [-0.3, -0.25) is 14.8 Å². The van der Waals surface area contributed by atoms with Crippen LogP contribution in [0.2, 0.25) is 0 Å². The van der Waals surface area contributed by atoms with Crippen LogP contribution in [0.15, 0.2) is 30.6 Å². The number of non-ortho nitro benzene ring substituents is 1. The molecular formula is C13H18N6O2. The molecule has 2 N–H and O–H groups in total. The second kappa shape index (κ2) is 7.22. The molecule has 0 aliphatic carbocycles. The number of hydrogen-bond acceptors (Lipinski definition) is 6. The van der Waals surface area contributed by atoms with Crippen molar-refractivity contribution < 1.29 is 4.92 Å². The van der Waals surface area contributed by atoms with Gasteiger partial charge in [-0.15, -0.1) is 5.10 Å². The van der Waals surface area contributed by atoms with Crippen molar-refractivity contribution in [1.29, 1.82) is 0 Å². The first-order chi connectivity index (χ1) is 10.2. The molecule has 2 rings (SSSR count). The van der Waals surface area contributed by atoms with Gasteiger partial charge in [0, 0.05) is 42.8 Å². The third-order valence-electron chi connectivity index (χ3n) is 2.85. The van der Waals surface area contributed by atoms with Crippen molar-refractivity contribution in [3.8, 4) is 0 Å². The van der Waals surface area contributed by atoms with Gasteiger partial charge in [0.05, 0.1) is 17.7 Å². The summed E-state index contributed by atoms with van der Waals surface area (Å²) in [6, 6.07) is 4.93. The second-order valence-corrected chi connectivity index (χ2v) is 4.55. The molecule has 0 aliphatic heterocycles. The highest BCUT2D eigenvalue weighted by Gasteiger charge is 2.09. The van der Waals surface area contributed by atoms with Gasteiger partial charge in [-0.05, 0) is 12.5 Å². The third kappa shape index (κ3) is 4.44. The van der Waals surface area contributed by atoms with E-state index in [1.165, 1.54) is 12.1 Å². The molecule has 0 atom stereocenters. The molecule has 1 aromatic carbocycles. The van der Waals surface area contributed by atoms with Gasteiger partial charge in [0.1, 0.15) is 0 Å². The lowest BCUT2D eigenvalue weighted by molar-refractivity contribution is -0.384. The van der Waals surface area contributed by atoms with Crippen molar-refractivity contribution in [2.24, 2.45) is 0 Å². The van der Waals surface area contributed by atoms with Crippen LogP contribution in [0.5, 0.6) is 0 Å². The number of nitrogens with zero attached hydrogens (tertiary/aromatic N) is 4. The van der Waals surface area contributed by atoms with Crippen molar-refractivity contribution in [2.45, 2.75) is 19.9 Å². The summed E-state index contributed by atoms with van der Waals surface area (Å²) >= 11 is 0. The Labute approximate surface area is 122 Å². The van der Waals surface area contributed by atoms with Crippen molar-refractivity contribution in [3.63, 3.8) is 0 Å². The summed E-state index contributed by atoms with van der Waals surface area (Å²) in [7, 11) is 0. The maximum atomic E-state index is 11.0. The lowest BCUT2D eigenvalue weighted by Gasteiger charge is -2.10. The van der Waals surface area contributed by atoms with Crippen LogP contribution in [0.1, 0.15) is 13.3 Å². The number of hydrogen-bond donors (Lipinski definition) is 2. The van der Waals surface area contributed by atoms with Crippen LogP contribution in [0.25, 0.3) is 0 Å². The van der Waals surface area contributed by atoms with Gasteiger partial charge in [-0.2, -0.15) is 0 Å². The van der Waals surface area contributed by atoms with E-state index in [1.807, 2.05) is 13.0 Å². The summed E-state index contributed by atoms with van der Waals surface area (Å²) in [5.74, 6) is 0. The summed E-state index contributed by atoms with van der Waals surface area (Å²) in [6.45, 7) is 4.07. The first kappa shape index (κ1) is 14.8. The zero-order chi connectivity index (χ0) is 15.1. The van der Waals surface area contributed by atoms with E-state index in [9.17, 15) is 10.1 Å². The smallest absolute Gasteiger partial charge is 0.273 e. The third-order valence-corrected chi connectivity index (χ3v) is 2.85. The Hall–Kier alpha value is -2.64. The Morgan fingerprint density at radius 1 is 1.24 bits per heavy atom. The highest BCUT2D eigenvalue weighted by atomic mass is 16.6. The molecule has 8 heteroatoms. The van der Waals surface area contributed by atoms with Crippen molar-refractivity contribution in [2.75, 3.05) is 23.7 Å². The Bertz CT molecular complexity index is 584. The molecular weight excluding hydrogens is 272 g/mol. The molecule has 0 fully saturated rings. The van der Waals surface area contributed by atoms with Gasteiger partial charge in [-0.25, -0.2) is 0 Å². The van der Waals surface area contributed by atoms with Gasteiger partial charge >= 0.3 is 0 Å². The highest BCUT2D eigenvalue weighted by molar-refractivity contribution is 5.63. The average Bonchev–Trinajstić information content (AvgIpc) is 2.98. The summed E-state index contributed by atoms with van der Waals surface area (Å²) in [6.07, 6.45) is 4.33. The monoisotopic (exact) mass is 290 g/mol. The molecule has 8 nitrogen and oxygen atoms in total. The normalized spacial score (nSPS) is 10.3. The molecule has 0 radical (unpaired) electrons. The number of nitro groups is 1. The Morgan fingerprint density at radius 3 is 2.52 bits per heavy atom. The van der Waals surface area contributed by atoms with E-state index in [0.717, 1.165) is 18.7 Å². The predicted octanol–water partition coefficient (Wildman–Crippen LogP) is 2.12. The molecule has 0 amide bonds. The molecule has 1 heterocycles. The van der Waals surface area contributed by atoms with Gasteiger partial charge in [-0.1, -0.05) is 12.1 Å². The number of aromatic nitrogens is 3. The highest BCUT2D eigenvalue weighted by Crippen LogP contribution is 2.24. The van der Waals surface area contributed by atoms with Gasteiger partial charge in [0.2, 0.25) is 0 Å². The first-order valence-electron chi connectivity index (χ1n) is 6.80. The number of anilines is 2. The molecule has 0 aliphatic rings. The zero-order valence-electron chi connectivity index (χ0n) is 11.8. The van der Waals surface area contributed by atoms with Crippen LogP contribution in [0.4, 0.5) is 17.1 Å². The maximum Gasteiger partial charge on any atom is 0.273 e. The van der Waals surface area contributed by atoms with Crippen LogP contribution < -0.4 is 10.6 Å². The Kier molecular flexibility index (Phi) is 5.08. The SMILES string of the molecule is CCCNc1cc(NCCn2ccnn2)cc([N+](=O)[O-])c1. The summed E-state index contributed by atoms with van der Waals surface area (Å²) in [5, 5.41) is 24.9. The molecule has 0 saturated carbocycles. The average molecular weight is 290 g/mol. The van der Waals surface area contributed by atoms with Gasteiger partial charge in [0.25, 0.3) is 5.69 Å². The molecule has 0 spiro atoms. The molecule has 2 aromatic rings. The number of nitro benzene ring substituents is 1. The molecule has 112 valence electrons. The van der Waals surface area contributed by atoms with Crippen LogP contribution in [0.3, 0.4) is 0 Å². The minimum absolute atomic E-state index is 0.0689. The maximum absolute atomic E-state index is 11.0. The van der Waals surface area contributed by atoms with E-state index < -0.39 is 0 Å². The van der Waals surface area contributed by atoms with Crippen LogP contribution >= 0.6 is 0 Å². The second-order valence-electron chi connectivity index (χ2n) is 4.55. The zero-order valence-corrected chi connectivity index (χ0v) is 11.8. The molecule has 0 saturated heterocycles. The summed E-state index contributed by atoms with van der Waals surface area (Å²) in [4.78, 5) is 10.6. The summed E-state index contributed by atoms with van der Waals surface area (Å²) in [5.41, 5.74) is 1.52. The van der Waals surface area contributed by atoms with Gasteiger partial charge < -0.3 is 10.6 Å². The predicted molar refractivity (Wildman–Crippen MR) is 80.4 cm³/mol. The Morgan fingerprint density at radius 2 is 1.95 bits per heavy atom. The van der Waals surface area contributed by atoms with E-state index in [4.69, 9.17) is 0 Å². The number of nitrogens with one attached hydrogen (secondary N) is 2. The van der Waals surface area contributed by atoms with Gasteiger partial charge in [0.15, 0.2) is 0 Å². The number of benzene rings is 1. The molecule has 1 aromatic heterocycles. The largest absolute Gasteiger partial charge is 0.385 e. The number of rotatable bonds is 8. The van der Waals surface area contributed by atoms with Crippen molar-refractivity contribution in [1.82, 2.24) is 15.0 Å².